The molecule has 0 aromatic heterocycles. The predicted octanol–water partition coefficient (Wildman–Crippen LogP) is 1.23. The molecule has 0 amide bonds. The summed E-state index contributed by atoms with van der Waals surface area (Å²) in [6.45, 7) is 7.59. The van der Waals surface area contributed by atoms with E-state index >= 15 is 0 Å². The van der Waals surface area contributed by atoms with Crippen LogP contribution in [0.5, 0.6) is 0 Å². The molecule has 0 saturated heterocycles. The molecule has 0 atom stereocenters. The Morgan fingerprint density at radius 2 is 1.27 bits per heavy atom. The zero-order chi connectivity index (χ0) is 11.9. The molecule has 0 aliphatic carbocycles. The summed E-state index contributed by atoms with van der Waals surface area (Å²) in [6, 6.07) is 0. The van der Waals surface area contributed by atoms with Gasteiger partial charge in [0.15, 0.2) is 0 Å². The highest BCUT2D eigenvalue weighted by atomic mass is 16.5. The van der Waals surface area contributed by atoms with Crippen LogP contribution in [0.1, 0.15) is 27.7 Å². The van der Waals surface area contributed by atoms with Crippen LogP contribution in [0.3, 0.4) is 0 Å². The second kappa shape index (κ2) is 5.56. The van der Waals surface area contributed by atoms with Crippen molar-refractivity contribution in [2.45, 2.75) is 38.8 Å². The van der Waals surface area contributed by atoms with Crippen LogP contribution < -0.4 is 0 Å². The topological polar surface area (TPSA) is 68.1 Å². The van der Waals surface area contributed by atoms with Gasteiger partial charge in [-0.2, -0.15) is 9.98 Å². The minimum Gasteiger partial charge on any atom is -0.376 e. The highest BCUT2D eigenvalue weighted by Crippen LogP contribution is 2.12. The fourth-order valence-corrected chi connectivity index (χ4v) is 0.862. The maximum atomic E-state index is 10.1. The third-order valence-corrected chi connectivity index (χ3v) is 1.61. The Kier molecular flexibility index (Phi) is 5.09. The molecule has 5 heteroatoms. The number of aliphatic imine (C=N–C) groups is 2. The fraction of sp³-hybridized carbons (Fsp3) is 0.800. The summed E-state index contributed by atoms with van der Waals surface area (Å²) < 4.78 is 5.32. The van der Waals surface area contributed by atoms with E-state index in [4.69, 9.17) is 4.74 Å². The van der Waals surface area contributed by atoms with Crippen molar-refractivity contribution in [1.29, 1.82) is 0 Å². The molecule has 0 bridgehead atoms. The monoisotopic (exact) mass is 212 g/mol. The van der Waals surface area contributed by atoms with Gasteiger partial charge in [-0.05, 0) is 27.7 Å². The van der Waals surface area contributed by atoms with Gasteiger partial charge < -0.3 is 4.74 Å². The first-order valence-corrected chi connectivity index (χ1v) is 4.59. The minimum atomic E-state index is -0.595. The molecule has 15 heavy (non-hydrogen) atoms. The van der Waals surface area contributed by atoms with E-state index in [1.165, 1.54) is 12.2 Å². The predicted molar refractivity (Wildman–Crippen MR) is 55.2 cm³/mol. The molecule has 0 fully saturated rings. The number of hydrogen-bond donors (Lipinski definition) is 0. The molecule has 0 spiro atoms. The summed E-state index contributed by atoms with van der Waals surface area (Å²) in [7, 11) is 0. The van der Waals surface area contributed by atoms with Crippen LogP contribution in [0, 0.1) is 0 Å². The van der Waals surface area contributed by atoms with Gasteiger partial charge in [-0.15, -0.1) is 0 Å². The van der Waals surface area contributed by atoms with E-state index < -0.39 is 11.1 Å². The van der Waals surface area contributed by atoms with Crippen molar-refractivity contribution in [3.63, 3.8) is 0 Å². The van der Waals surface area contributed by atoms with Crippen LogP contribution in [0.25, 0.3) is 0 Å². The van der Waals surface area contributed by atoms with Crippen LogP contribution in [0.15, 0.2) is 9.98 Å². The second-order valence-electron chi connectivity index (χ2n) is 4.52. The molecule has 0 aliphatic rings. The van der Waals surface area contributed by atoms with Crippen molar-refractivity contribution in [2.24, 2.45) is 9.98 Å². The van der Waals surface area contributed by atoms with E-state index in [1.54, 1.807) is 27.7 Å². The average Bonchev–Trinajstić information content (AvgIpc) is 2.02. The lowest BCUT2D eigenvalue weighted by Crippen LogP contribution is -2.30. The number of rotatable bonds is 6. The molecule has 0 N–H and O–H groups in total. The number of ether oxygens (including phenoxy) is 1. The highest BCUT2D eigenvalue weighted by Gasteiger charge is 2.21. The lowest BCUT2D eigenvalue weighted by atomic mass is 10.1. The van der Waals surface area contributed by atoms with E-state index in [2.05, 4.69) is 9.98 Å². The van der Waals surface area contributed by atoms with Gasteiger partial charge in [0.1, 0.15) is 0 Å². The number of carbonyl (C=O) groups excluding carboxylic acids is 2. The van der Waals surface area contributed by atoms with E-state index in [0.717, 1.165) is 0 Å². The standard InChI is InChI=1S/C10H16N2O3/c1-9(2,11-7-13)5-15-6-10(3,4)12-8-14/h5-6H2,1-4H3. The Morgan fingerprint density at radius 3 is 1.53 bits per heavy atom. The van der Waals surface area contributed by atoms with E-state index in [1.807, 2.05) is 0 Å². The van der Waals surface area contributed by atoms with Gasteiger partial charge in [-0.1, -0.05) is 0 Å². The highest BCUT2D eigenvalue weighted by molar-refractivity contribution is 5.34. The Labute approximate surface area is 89.3 Å². The lowest BCUT2D eigenvalue weighted by Gasteiger charge is -2.21. The molecular weight excluding hydrogens is 196 g/mol. The van der Waals surface area contributed by atoms with Gasteiger partial charge in [0, 0.05) is 0 Å². The fourth-order valence-electron chi connectivity index (χ4n) is 0.862. The Balaban J connectivity index is 4.09. The summed E-state index contributed by atoms with van der Waals surface area (Å²) >= 11 is 0. The lowest BCUT2D eigenvalue weighted by molar-refractivity contribution is 0.0692. The van der Waals surface area contributed by atoms with Crippen molar-refractivity contribution in [3.8, 4) is 0 Å². The molecule has 0 aromatic rings. The van der Waals surface area contributed by atoms with Crippen LogP contribution in [-0.2, 0) is 14.3 Å². The molecule has 0 aromatic carbocycles. The Morgan fingerprint density at radius 1 is 0.933 bits per heavy atom. The minimum absolute atomic E-state index is 0.278. The third-order valence-electron chi connectivity index (χ3n) is 1.61. The summed E-state index contributed by atoms with van der Waals surface area (Å²) in [4.78, 5) is 27.3. The molecule has 5 nitrogen and oxygen atoms in total. The van der Waals surface area contributed by atoms with Crippen molar-refractivity contribution < 1.29 is 14.3 Å². The zero-order valence-electron chi connectivity index (χ0n) is 9.53. The largest absolute Gasteiger partial charge is 0.376 e. The van der Waals surface area contributed by atoms with Gasteiger partial charge in [0.25, 0.3) is 0 Å². The molecule has 0 unspecified atom stereocenters. The van der Waals surface area contributed by atoms with Crippen LogP contribution in [-0.4, -0.2) is 36.5 Å². The first-order valence-electron chi connectivity index (χ1n) is 4.59. The van der Waals surface area contributed by atoms with Crippen LogP contribution in [0.2, 0.25) is 0 Å². The van der Waals surface area contributed by atoms with Crippen molar-refractivity contribution in [3.05, 3.63) is 0 Å². The summed E-state index contributed by atoms with van der Waals surface area (Å²) in [5, 5.41) is 0. The van der Waals surface area contributed by atoms with Gasteiger partial charge in [0.2, 0.25) is 12.2 Å². The number of isocyanates is 2. The maximum Gasteiger partial charge on any atom is 0.235 e. The summed E-state index contributed by atoms with van der Waals surface area (Å²) in [5.41, 5.74) is -1.19. The zero-order valence-corrected chi connectivity index (χ0v) is 9.53. The van der Waals surface area contributed by atoms with Gasteiger partial charge in [-0.25, -0.2) is 9.59 Å². The Hall–Kier alpha value is -1.28. The molecule has 84 valence electrons. The molecule has 0 saturated carbocycles. The Bertz CT molecular complexity index is 268. The van der Waals surface area contributed by atoms with E-state index in [0.29, 0.717) is 0 Å². The smallest absolute Gasteiger partial charge is 0.235 e. The van der Waals surface area contributed by atoms with Gasteiger partial charge in [-0.3, -0.25) is 0 Å². The van der Waals surface area contributed by atoms with Crippen LogP contribution in [0.4, 0.5) is 0 Å². The third kappa shape index (κ3) is 6.75. The molecular formula is C10H16N2O3. The summed E-state index contributed by atoms with van der Waals surface area (Å²) in [5.74, 6) is 0. The normalized spacial score (nSPS) is 11.5. The first kappa shape index (κ1) is 13.7. The van der Waals surface area contributed by atoms with Gasteiger partial charge >= 0.3 is 0 Å². The first-order chi connectivity index (χ1) is 6.83. The summed E-state index contributed by atoms with van der Waals surface area (Å²) in [6.07, 6.45) is 2.98. The maximum absolute atomic E-state index is 10.1. The number of hydrogen-bond acceptors (Lipinski definition) is 5. The van der Waals surface area contributed by atoms with E-state index in [-0.39, 0.29) is 13.2 Å². The molecule has 0 radical (unpaired) electrons. The quantitative estimate of drug-likeness (QED) is 0.491. The number of nitrogens with zero attached hydrogens (tertiary/aromatic N) is 2. The van der Waals surface area contributed by atoms with Crippen molar-refractivity contribution >= 4 is 12.2 Å². The molecule has 0 rings (SSSR count). The molecule has 0 aliphatic heterocycles. The molecule has 0 heterocycles. The second-order valence-corrected chi connectivity index (χ2v) is 4.52. The average molecular weight is 212 g/mol. The van der Waals surface area contributed by atoms with Gasteiger partial charge in [0.05, 0.1) is 24.3 Å². The SMILES string of the molecule is CC(C)(COCC(C)(C)N=C=O)N=C=O. The van der Waals surface area contributed by atoms with Crippen molar-refractivity contribution in [2.75, 3.05) is 13.2 Å². The van der Waals surface area contributed by atoms with E-state index in [9.17, 15) is 9.59 Å². The van der Waals surface area contributed by atoms with Crippen molar-refractivity contribution in [1.82, 2.24) is 0 Å². The van der Waals surface area contributed by atoms with Crippen LogP contribution >= 0.6 is 0 Å².